The summed E-state index contributed by atoms with van der Waals surface area (Å²) in [5, 5.41) is 0. The Morgan fingerprint density at radius 3 is 2.00 bits per heavy atom. The van der Waals surface area contributed by atoms with Crippen molar-refractivity contribution in [3.05, 3.63) is 29.1 Å². The monoisotopic (exact) mass is 358 g/mol. The van der Waals surface area contributed by atoms with E-state index in [4.69, 9.17) is 16.0 Å². The third kappa shape index (κ3) is 3.97. The fraction of sp³-hybridized carbons (Fsp3) is 0.611. The van der Waals surface area contributed by atoms with Crippen LogP contribution in [0.3, 0.4) is 0 Å². The molecule has 23 heavy (non-hydrogen) atoms. The molecule has 0 aliphatic rings. The standard InChI is InChI=1S/C18H28ClFO2Si/c1-11(2)23(12(3)4,13(5)6)22-18-9-16(20)15(8-14(18)7)17(21)10-19/h8-9,11-13H,10H2,1-7H3. The molecule has 130 valence electrons. The molecule has 1 aromatic carbocycles. The van der Waals surface area contributed by atoms with E-state index in [1.54, 1.807) is 6.07 Å². The van der Waals surface area contributed by atoms with Crippen LogP contribution in [0.4, 0.5) is 4.39 Å². The fourth-order valence-electron chi connectivity index (χ4n) is 3.60. The van der Waals surface area contributed by atoms with E-state index in [-0.39, 0.29) is 11.4 Å². The van der Waals surface area contributed by atoms with Crippen molar-refractivity contribution in [1.29, 1.82) is 0 Å². The number of benzene rings is 1. The Kier molecular flexibility index (Phi) is 6.84. The average molecular weight is 359 g/mol. The lowest BCUT2D eigenvalue weighted by molar-refractivity contribution is 0.101. The van der Waals surface area contributed by atoms with Gasteiger partial charge in [0.05, 0.1) is 11.4 Å². The third-order valence-corrected chi connectivity index (χ3v) is 10.9. The van der Waals surface area contributed by atoms with Crippen molar-refractivity contribution >= 4 is 25.7 Å². The van der Waals surface area contributed by atoms with Crippen molar-refractivity contribution in [2.75, 3.05) is 5.88 Å². The van der Waals surface area contributed by atoms with Crippen LogP contribution in [0.15, 0.2) is 12.1 Å². The molecule has 2 nitrogen and oxygen atoms in total. The van der Waals surface area contributed by atoms with Crippen LogP contribution < -0.4 is 4.43 Å². The third-order valence-electron chi connectivity index (χ3n) is 4.68. The van der Waals surface area contributed by atoms with E-state index in [0.717, 1.165) is 5.56 Å². The Hall–Kier alpha value is -0.873. The molecule has 0 radical (unpaired) electrons. The second kappa shape index (κ2) is 7.80. The van der Waals surface area contributed by atoms with E-state index < -0.39 is 19.9 Å². The van der Waals surface area contributed by atoms with Gasteiger partial charge in [-0.1, -0.05) is 41.5 Å². The normalized spacial score (nSPS) is 12.3. The highest BCUT2D eigenvalue weighted by atomic mass is 35.5. The van der Waals surface area contributed by atoms with Crippen LogP contribution in [0.5, 0.6) is 5.75 Å². The molecule has 0 atom stereocenters. The van der Waals surface area contributed by atoms with Crippen LogP contribution in [-0.4, -0.2) is 20.0 Å². The van der Waals surface area contributed by atoms with Gasteiger partial charge < -0.3 is 4.43 Å². The second-order valence-electron chi connectivity index (χ2n) is 7.07. The number of hydrogen-bond donors (Lipinski definition) is 0. The Morgan fingerprint density at radius 2 is 1.61 bits per heavy atom. The topological polar surface area (TPSA) is 26.3 Å². The Morgan fingerprint density at radius 1 is 1.13 bits per heavy atom. The van der Waals surface area contributed by atoms with Gasteiger partial charge in [0.2, 0.25) is 0 Å². The maximum Gasteiger partial charge on any atom is 0.258 e. The quantitative estimate of drug-likeness (QED) is 0.334. The minimum absolute atomic E-state index is 0.0377. The molecule has 1 aromatic rings. The van der Waals surface area contributed by atoms with E-state index in [2.05, 4.69) is 41.5 Å². The molecule has 0 spiro atoms. The van der Waals surface area contributed by atoms with E-state index >= 15 is 0 Å². The van der Waals surface area contributed by atoms with Gasteiger partial charge in [0, 0.05) is 6.07 Å². The molecule has 1 rings (SSSR count). The van der Waals surface area contributed by atoms with Gasteiger partial charge in [-0.3, -0.25) is 4.79 Å². The maximum absolute atomic E-state index is 14.3. The number of halogens is 2. The molecule has 0 fully saturated rings. The summed E-state index contributed by atoms with van der Waals surface area (Å²) < 4.78 is 20.8. The predicted molar refractivity (Wildman–Crippen MR) is 97.9 cm³/mol. The molecule has 0 N–H and O–H groups in total. The summed E-state index contributed by atoms with van der Waals surface area (Å²) in [5.41, 5.74) is 2.01. The first-order chi connectivity index (χ1) is 10.6. The summed E-state index contributed by atoms with van der Waals surface area (Å²) in [6, 6.07) is 2.90. The van der Waals surface area contributed by atoms with Crippen LogP contribution in [0.2, 0.25) is 16.6 Å². The molecule has 0 aromatic heterocycles. The van der Waals surface area contributed by atoms with Gasteiger partial charge in [-0.15, -0.1) is 11.6 Å². The van der Waals surface area contributed by atoms with E-state index in [1.165, 1.54) is 6.07 Å². The minimum atomic E-state index is -2.15. The van der Waals surface area contributed by atoms with Crippen LogP contribution in [0.1, 0.15) is 57.5 Å². The number of carbonyl (C=O) groups is 1. The van der Waals surface area contributed by atoms with Crippen molar-refractivity contribution in [2.45, 2.75) is 65.1 Å². The Balaban J connectivity index is 3.36. The molecule has 0 amide bonds. The van der Waals surface area contributed by atoms with Crippen molar-refractivity contribution < 1.29 is 13.6 Å². The molecule has 0 bridgehead atoms. The highest BCUT2D eigenvalue weighted by molar-refractivity contribution is 6.78. The number of aryl methyl sites for hydroxylation is 1. The highest BCUT2D eigenvalue weighted by Gasteiger charge is 2.47. The predicted octanol–water partition coefficient (Wildman–Crippen LogP) is 6.11. The van der Waals surface area contributed by atoms with Crippen LogP contribution in [-0.2, 0) is 0 Å². The van der Waals surface area contributed by atoms with Crippen molar-refractivity contribution in [2.24, 2.45) is 0 Å². The fourth-order valence-corrected chi connectivity index (χ4v) is 9.05. The zero-order valence-electron chi connectivity index (χ0n) is 15.2. The Bertz CT molecular complexity index is 549. The average Bonchev–Trinajstić information content (AvgIpc) is 2.45. The van der Waals surface area contributed by atoms with Gasteiger partial charge >= 0.3 is 0 Å². The van der Waals surface area contributed by atoms with Crippen LogP contribution in [0.25, 0.3) is 0 Å². The second-order valence-corrected chi connectivity index (χ2v) is 12.7. The first-order valence-electron chi connectivity index (χ1n) is 8.16. The lowest BCUT2D eigenvalue weighted by Gasteiger charge is -2.42. The first kappa shape index (κ1) is 20.2. The highest BCUT2D eigenvalue weighted by Crippen LogP contribution is 2.43. The van der Waals surface area contributed by atoms with E-state index in [0.29, 0.717) is 22.4 Å². The smallest absolute Gasteiger partial charge is 0.258 e. The molecule has 0 unspecified atom stereocenters. The SMILES string of the molecule is Cc1cc(C(=O)CCl)c(F)cc1O[Si](C(C)C)(C(C)C)C(C)C. The number of Topliss-reactive ketones (excluding diaryl/α,β-unsaturated/α-hetero) is 1. The summed E-state index contributed by atoms with van der Waals surface area (Å²) in [4.78, 5) is 11.7. The summed E-state index contributed by atoms with van der Waals surface area (Å²) in [5.74, 6) is -0.634. The van der Waals surface area contributed by atoms with Crippen molar-refractivity contribution in [3.8, 4) is 5.75 Å². The summed E-state index contributed by atoms with van der Waals surface area (Å²) >= 11 is 5.54. The molecule has 5 heteroatoms. The van der Waals surface area contributed by atoms with Crippen LogP contribution >= 0.6 is 11.6 Å². The lowest BCUT2D eigenvalue weighted by atomic mass is 10.1. The molecular weight excluding hydrogens is 331 g/mol. The maximum atomic E-state index is 14.3. The summed E-state index contributed by atoms with van der Waals surface area (Å²) in [7, 11) is -2.15. The Labute approximate surface area is 145 Å². The number of carbonyl (C=O) groups excluding carboxylic acids is 1. The lowest BCUT2D eigenvalue weighted by Crippen LogP contribution is -2.50. The zero-order chi connectivity index (χ0) is 17.9. The van der Waals surface area contributed by atoms with Gasteiger partial charge in [0.1, 0.15) is 11.6 Å². The minimum Gasteiger partial charge on any atom is -0.542 e. The molecule has 0 heterocycles. The van der Waals surface area contributed by atoms with Crippen LogP contribution in [0, 0.1) is 12.7 Å². The van der Waals surface area contributed by atoms with Gasteiger partial charge in [0.15, 0.2) is 5.78 Å². The largest absolute Gasteiger partial charge is 0.542 e. The van der Waals surface area contributed by atoms with Gasteiger partial charge in [-0.05, 0) is 35.2 Å². The van der Waals surface area contributed by atoms with Gasteiger partial charge in [0.25, 0.3) is 8.32 Å². The summed E-state index contributed by atoms with van der Waals surface area (Å²) in [6.07, 6.45) is 0. The zero-order valence-corrected chi connectivity index (χ0v) is 16.9. The van der Waals surface area contributed by atoms with E-state index in [1.807, 2.05) is 6.92 Å². The molecule has 0 aliphatic heterocycles. The number of hydrogen-bond acceptors (Lipinski definition) is 2. The molecule has 0 saturated heterocycles. The number of rotatable bonds is 7. The first-order valence-corrected chi connectivity index (χ1v) is 10.8. The van der Waals surface area contributed by atoms with Crippen molar-refractivity contribution in [3.63, 3.8) is 0 Å². The molecule has 0 saturated carbocycles. The van der Waals surface area contributed by atoms with E-state index in [9.17, 15) is 9.18 Å². The number of ketones is 1. The number of alkyl halides is 1. The molecule has 0 aliphatic carbocycles. The van der Waals surface area contributed by atoms with Crippen molar-refractivity contribution in [1.82, 2.24) is 0 Å². The summed E-state index contributed by atoms with van der Waals surface area (Å²) in [6.45, 7) is 15.0. The van der Waals surface area contributed by atoms with Gasteiger partial charge in [-0.25, -0.2) is 4.39 Å². The molecular formula is C18H28ClFO2Si. The van der Waals surface area contributed by atoms with Gasteiger partial charge in [-0.2, -0.15) is 0 Å².